The summed E-state index contributed by atoms with van der Waals surface area (Å²) in [7, 11) is 0. The van der Waals surface area contributed by atoms with Crippen LogP contribution in [0.5, 0.6) is 0 Å². The molecule has 0 aliphatic heterocycles. The monoisotopic (exact) mass is 115 g/mol. The molecule has 0 atom stereocenters. The Morgan fingerprint density at radius 2 is 2.38 bits per heavy atom. The van der Waals surface area contributed by atoms with E-state index in [1.807, 2.05) is 6.92 Å². The summed E-state index contributed by atoms with van der Waals surface area (Å²) in [6.07, 6.45) is 2.23. The van der Waals surface area contributed by atoms with Gasteiger partial charge in [-0.3, -0.25) is 4.79 Å². The van der Waals surface area contributed by atoms with Gasteiger partial charge in [-0.05, 0) is 19.9 Å². The zero-order valence-corrected chi connectivity index (χ0v) is 4.97. The molecule has 0 fully saturated rings. The fraction of sp³-hybridized carbons (Fsp3) is 0.400. The van der Waals surface area contributed by atoms with Gasteiger partial charge < -0.3 is 4.84 Å². The van der Waals surface area contributed by atoms with Crippen LogP contribution in [0.2, 0.25) is 0 Å². The van der Waals surface area contributed by atoms with Gasteiger partial charge in [-0.1, -0.05) is 0 Å². The molecule has 8 heavy (non-hydrogen) atoms. The first-order valence-electron chi connectivity index (χ1n) is 2.30. The van der Waals surface area contributed by atoms with E-state index in [9.17, 15) is 4.79 Å². The zero-order chi connectivity index (χ0) is 6.41. The van der Waals surface area contributed by atoms with E-state index in [4.69, 9.17) is 0 Å². The molecular weight excluding hydrogens is 106 g/mol. The van der Waals surface area contributed by atoms with Gasteiger partial charge in [0.25, 0.3) is 0 Å². The molecule has 0 bridgehead atoms. The molecule has 0 rings (SSSR count). The average molecular weight is 115 g/mol. The summed E-state index contributed by atoms with van der Waals surface area (Å²) in [5, 5.41) is 0. The Labute approximate surface area is 48.3 Å². The summed E-state index contributed by atoms with van der Waals surface area (Å²) in [5.74, 6) is 0.678. The molecule has 1 amide bonds. The Balaban J connectivity index is 3.24. The molecule has 0 aromatic rings. The number of hydrogen-bond donors (Lipinski definition) is 1. The lowest BCUT2D eigenvalue weighted by atomic mass is 10.5. The normalized spacial score (nSPS) is 10.5. The predicted molar refractivity (Wildman–Crippen MR) is 29.7 cm³/mol. The Hall–Kier alpha value is -0.990. The lowest BCUT2D eigenvalue weighted by Crippen LogP contribution is -2.09. The van der Waals surface area contributed by atoms with E-state index in [-0.39, 0.29) is 0 Å². The van der Waals surface area contributed by atoms with Gasteiger partial charge in [0.15, 0.2) is 0 Å². The van der Waals surface area contributed by atoms with Gasteiger partial charge in [0.2, 0.25) is 6.41 Å². The summed E-state index contributed by atoms with van der Waals surface area (Å²) in [4.78, 5) is 14.1. The van der Waals surface area contributed by atoms with E-state index in [0.717, 1.165) is 0 Å². The minimum absolute atomic E-state index is 0.479. The van der Waals surface area contributed by atoms with Crippen LogP contribution in [0, 0.1) is 0 Å². The van der Waals surface area contributed by atoms with Crippen molar-refractivity contribution < 1.29 is 9.63 Å². The quantitative estimate of drug-likeness (QED) is 0.332. The second-order valence-electron chi connectivity index (χ2n) is 1.24. The van der Waals surface area contributed by atoms with Gasteiger partial charge in [-0.25, -0.2) is 0 Å². The topological polar surface area (TPSA) is 38.3 Å². The van der Waals surface area contributed by atoms with Crippen LogP contribution in [0.15, 0.2) is 11.8 Å². The van der Waals surface area contributed by atoms with Crippen molar-refractivity contribution in [2.45, 2.75) is 13.8 Å². The first kappa shape index (κ1) is 7.01. The minimum atomic E-state index is 0.479. The number of carbonyl (C=O) groups excluding carboxylic acids is 1. The molecule has 1 N–H and O–H groups in total. The molecule has 0 spiro atoms. The standard InChI is InChI=1S/C5H9NO2/c1-3-5(2)8-6-4-7/h3-4H,1-2H3,(H,6,7)/b5-3-. The van der Waals surface area contributed by atoms with Crippen LogP contribution in [0.3, 0.4) is 0 Å². The first-order valence-corrected chi connectivity index (χ1v) is 2.30. The zero-order valence-electron chi connectivity index (χ0n) is 4.97. The molecule has 0 aliphatic carbocycles. The highest BCUT2D eigenvalue weighted by Gasteiger charge is 1.80. The van der Waals surface area contributed by atoms with Gasteiger partial charge in [0, 0.05) is 0 Å². The van der Waals surface area contributed by atoms with Crippen molar-refractivity contribution in [2.24, 2.45) is 0 Å². The third-order valence-electron chi connectivity index (χ3n) is 0.675. The van der Waals surface area contributed by atoms with Gasteiger partial charge in [-0.2, -0.15) is 5.48 Å². The van der Waals surface area contributed by atoms with E-state index in [1.165, 1.54) is 0 Å². The van der Waals surface area contributed by atoms with Crippen molar-refractivity contribution in [1.29, 1.82) is 0 Å². The molecular formula is C5H9NO2. The lowest BCUT2D eigenvalue weighted by Gasteiger charge is -1.98. The fourth-order valence-corrected chi connectivity index (χ4v) is 0.176. The molecule has 0 saturated carbocycles. The molecule has 0 aromatic heterocycles. The van der Waals surface area contributed by atoms with Crippen molar-refractivity contribution >= 4 is 6.41 Å². The smallest absolute Gasteiger partial charge is 0.239 e. The van der Waals surface area contributed by atoms with E-state index >= 15 is 0 Å². The molecule has 0 saturated heterocycles. The highest BCUT2D eigenvalue weighted by Crippen LogP contribution is 1.87. The molecule has 0 heterocycles. The van der Waals surface area contributed by atoms with Gasteiger partial charge in [0.1, 0.15) is 5.76 Å². The van der Waals surface area contributed by atoms with Crippen LogP contribution in [0.25, 0.3) is 0 Å². The van der Waals surface area contributed by atoms with Crippen molar-refractivity contribution in [1.82, 2.24) is 5.48 Å². The maximum absolute atomic E-state index is 9.56. The Kier molecular flexibility index (Phi) is 3.66. The number of nitrogens with one attached hydrogen (secondary N) is 1. The Bertz CT molecular complexity index is 98.6. The molecule has 0 aromatic carbocycles. The van der Waals surface area contributed by atoms with Gasteiger partial charge in [0.05, 0.1) is 0 Å². The average Bonchev–Trinajstić information content (AvgIpc) is 1.83. The number of hydrogen-bond acceptors (Lipinski definition) is 2. The fourth-order valence-electron chi connectivity index (χ4n) is 0.176. The molecule has 0 aliphatic rings. The SMILES string of the molecule is C/C=C(/C)ONC=O. The van der Waals surface area contributed by atoms with Crippen molar-refractivity contribution in [3.8, 4) is 0 Å². The maximum atomic E-state index is 9.56. The molecule has 0 radical (unpaired) electrons. The lowest BCUT2D eigenvalue weighted by molar-refractivity contribution is -0.117. The molecule has 0 unspecified atom stereocenters. The van der Waals surface area contributed by atoms with Crippen molar-refractivity contribution in [2.75, 3.05) is 0 Å². The third kappa shape index (κ3) is 3.21. The maximum Gasteiger partial charge on any atom is 0.239 e. The van der Waals surface area contributed by atoms with Gasteiger partial charge >= 0.3 is 0 Å². The highest BCUT2D eigenvalue weighted by atomic mass is 16.7. The third-order valence-corrected chi connectivity index (χ3v) is 0.675. The van der Waals surface area contributed by atoms with Crippen molar-refractivity contribution in [3.63, 3.8) is 0 Å². The highest BCUT2D eigenvalue weighted by molar-refractivity contribution is 5.44. The van der Waals surface area contributed by atoms with Crippen LogP contribution in [-0.4, -0.2) is 6.41 Å². The summed E-state index contributed by atoms with van der Waals surface area (Å²) in [6, 6.07) is 0. The number of amides is 1. The predicted octanol–water partition coefficient (Wildman–Crippen LogP) is 0.588. The van der Waals surface area contributed by atoms with Crippen molar-refractivity contribution in [3.05, 3.63) is 11.8 Å². The molecule has 3 heteroatoms. The van der Waals surface area contributed by atoms with E-state index in [0.29, 0.717) is 12.2 Å². The molecule has 46 valence electrons. The van der Waals surface area contributed by atoms with Gasteiger partial charge in [-0.15, -0.1) is 0 Å². The summed E-state index contributed by atoms with van der Waals surface area (Å²) >= 11 is 0. The van der Waals surface area contributed by atoms with E-state index in [2.05, 4.69) is 10.3 Å². The van der Waals surface area contributed by atoms with Crippen LogP contribution >= 0.6 is 0 Å². The number of hydroxylamine groups is 1. The van der Waals surface area contributed by atoms with E-state index < -0.39 is 0 Å². The summed E-state index contributed by atoms with van der Waals surface area (Å²) in [5.41, 5.74) is 2.05. The number of carbonyl (C=O) groups is 1. The minimum Gasteiger partial charge on any atom is -0.385 e. The number of allylic oxidation sites excluding steroid dienone is 2. The Morgan fingerprint density at radius 1 is 1.75 bits per heavy atom. The largest absolute Gasteiger partial charge is 0.385 e. The second-order valence-corrected chi connectivity index (χ2v) is 1.24. The second kappa shape index (κ2) is 4.18. The van der Waals surface area contributed by atoms with Crippen LogP contribution < -0.4 is 5.48 Å². The van der Waals surface area contributed by atoms with Crippen LogP contribution in [0.4, 0.5) is 0 Å². The summed E-state index contributed by atoms with van der Waals surface area (Å²) in [6.45, 7) is 3.57. The molecule has 3 nitrogen and oxygen atoms in total. The first-order chi connectivity index (χ1) is 3.81. The Morgan fingerprint density at radius 3 is 2.75 bits per heavy atom. The number of rotatable bonds is 3. The van der Waals surface area contributed by atoms with E-state index in [1.54, 1.807) is 13.0 Å². The van der Waals surface area contributed by atoms with Crippen LogP contribution in [0.1, 0.15) is 13.8 Å². The summed E-state index contributed by atoms with van der Waals surface area (Å²) < 4.78 is 0. The van der Waals surface area contributed by atoms with Crippen LogP contribution in [-0.2, 0) is 9.63 Å².